The van der Waals surface area contributed by atoms with Gasteiger partial charge < -0.3 is 10.4 Å². The minimum Gasteiger partial charge on any atom is -0.478 e. The number of nitrogens with one attached hydrogen (secondary N) is 1. The summed E-state index contributed by atoms with van der Waals surface area (Å²) in [7, 11) is 0. The molecule has 0 aliphatic heterocycles. The maximum Gasteiger partial charge on any atom is 0.337 e. The van der Waals surface area contributed by atoms with Gasteiger partial charge in [-0.2, -0.15) is 5.10 Å². The number of aryl methyl sites for hydroxylation is 2. The molecule has 1 aliphatic rings. The summed E-state index contributed by atoms with van der Waals surface area (Å²) in [5.74, 6) is 0.188. The number of Topliss-reactive ketones (excluding diaryl/α,β-unsaturated/α-hetero) is 1. The number of ketones is 1. The van der Waals surface area contributed by atoms with Gasteiger partial charge in [0, 0.05) is 23.9 Å². The monoisotopic (exact) mass is 364 g/mol. The van der Waals surface area contributed by atoms with E-state index in [-0.39, 0.29) is 11.3 Å². The second-order valence-electron chi connectivity index (χ2n) is 7.10. The summed E-state index contributed by atoms with van der Waals surface area (Å²) < 4.78 is 1.51. The van der Waals surface area contributed by atoms with Crippen molar-refractivity contribution in [1.29, 1.82) is 0 Å². The fourth-order valence-corrected chi connectivity index (χ4v) is 3.23. The molecule has 3 aromatic rings. The number of aromatic nitrogens is 3. The maximum absolute atomic E-state index is 12.4. The minimum atomic E-state index is -1.01. The number of aromatic carboxylic acids is 1. The molecule has 1 saturated carbocycles. The van der Waals surface area contributed by atoms with Crippen LogP contribution in [0.1, 0.15) is 51.1 Å². The molecule has 1 fully saturated rings. The highest BCUT2D eigenvalue weighted by Crippen LogP contribution is 2.34. The van der Waals surface area contributed by atoms with E-state index in [1.54, 1.807) is 6.92 Å². The van der Waals surface area contributed by atoms with Crippen molar-refractivity contribution in [3.8, 4) is 0 Å². The normalized spacial score (nSPS) is 13.7. The number of benzene rings is 1. The van der Waals surface area contributed by atoms with Crippen molar-refractivity contribution in [3.05, 3.63) is 53.0 Å². The lowest BCUT2D eigenvalue weighted by atomic mass is 10.0. The van der Waals surface area contributed by atoms with E-state index < -0.39 is 5.97 Å². The summed E-state index contributed by atoms with van der Waals surface area (Å²) >= 11 is 0. The van der Waals surface area contributed by atoms with Gasteiger partial charge in [-0.05, 0) is 49.8 Å². The van der Waals surface area contributed by atoms with Crippen molar-refractivity contribution >= 4 is 28.8 Å². The van der Waals surface area contributed by atoms with Gasteiger partial charge >= 0.3 is 5.97 Å². The second-order valence-corrected chi connectivity index (χ2v) is 7.10. The van der Waals surface area contributed by atoms with Crippen molar-refractivity contribution in [2.24, 2.45) is 5.92 Å². The lowest BCUT2D eigenvalue weighted by Crippen LogP contribution is -2.04. The van der Waals surface area contributed by atoms with Gasteiger partial charge in [0.2, 0.25) is 0 Å². The maximum atomic E-state index is 12.4. The van der Waals surface area contributed by atoms with Crippen LogP contribution >= 0.6 is 0 Å². The first-order valence-electron chi connectivity index (χ1n) is 8.91. The molecule has 27 heavy (non-hydrogen) atoms. The van der Waals surface area contributed by atoms with Gasteiger partial charge in [0.15, 0.2) is 11.6 Å². The molecule has 7 heteroatoms. The Bertz CT molecular complexity index is 1070. The van der Waals surface area contributed by atoms with E-state index in [2.05, 4.69) is 15.4 Å². The Hall–Kier alpha value is -3.22. The Kier molecular flexibility index (Phi) is 4.14. The van der Waals surface area contributed by atoms with E-state index in [0.29, 0.717) is 34.8 Å². The summed E-state index contributed by atoms with van der Waals surface area (Å²) in [5, 5.41) is 16.7. The number of fused-ring (bicyclic) bond motifs is 1. The van der Waals surface area contributed by atoms with Crippen LogP contribution in [0.3, 0.4) is 0 Å². The lowest BCUT2D eigenvalue weighted by Gasteiger charge is -2.12. The highest BCUT2D eigenvalue weighted by molar-refractivity contribution is 5.98. The third kappa shape index (κ3) is 3.28. The largest absolute Gasteiger partial charge is 0.478 e. The smallest absolute Gasteiger partial charge is 0.337 e. The molecule has 1 aromatic carbocycles. The molecule has 2 heterocycles. The van der Waals surface area contributed by atoms with Gasteiger partial charge in [-0.25, -0.2) is 14.3 Å². The summed E-state index contributed by atoms with van der Waals surface area (Å²) in [6.07, 6.45) is 5.72. The molecule has 1 aliphatic carbocycles. The number of anilines is 2. The number of hydrogen-bond donors (Lipinski definition) is 2. The number of carboxylic acids is 1. The van der Waals surface area contributed by atoms with Gasteiger partial charge in [0.25, 0.3) is 0 Å². The predicted molar refractivity (Wildman–Crippen MR) is 101 cm³/mol. The molecule has 0 atom stereocenters. The summed E-state index contributed by atoms with van der Waals surface area (Å²) in [5.41, 5.74) is 3.79. The fourth-order valence-electron chi connectivity index (χ4n) is 3.23. The molecule has 0 saturated heterocycles. The predicted octanol–water partition coefficient (Wildman–Crippen LogP) is 3.77. The van der Waals surface area contributed by atoms with Crippen LogP contribution in [0, 0.1) is 19.8 Å². The van der Waals surface area contributed by atoms with Crippen LogP contribution in [0.15, 0.2) is 30.7 Å². The second kappa shape index (κ2) is 6.50. The molecule has 4 rings (SSSR count). The molecule has 0 spiro atoms. The highest BCUT2D eigenvalue weighted by Gasteiger charge is 2.25. The number of hydrogen-bond acceptors (Lipinski definition) is 5. The van der Waals surface area contributed by atoms with Gasteiger partial charge in [-0.1, -0.05) is 12.1 Å². The van der Waals surface area contributed by atoms with Crippen molar-refractivity contribution in [3.63, 3.8) is 0 Å². The lowest BCUT2D eigenvalue weighted by molar-refractivity contribution is 0.0696. The fraction of sp³-hybridized carbons (Fsp3) is 0.300. The van der Waals surface area contributed by atoms with E-state index in [1.807, 2.05) is 25.1 Å². The van der Waals surface area contributed by atoms with E-state index in [1.165, 1.54) is 17.0 Å². The van der Waals surface area contributed by atoms with E-state index in [0.717, 1.165) is 24.1 Å². The Morgan fingerprint density at radius 2 is 2.07 bits per heavy atom. The topological polar surface area (TPSA) is 96.6 Å². The average molecular weight is 364 g/mol. The van der Waals surface area contributed by atoms with E-state index >= 15 is 0 Å². The van der Waals surface area contributed by atoms with Crippen molar-refractivity contribution in [1.82, 2.24) is 14.6 Å². The highest BCUT2D eigenvalue weighted by atomic mass is 16.4. The zero-order valence-electron chi connectivity index (χ0n) is 15.2. The third-order valence-electron chi connectivity index (χ3n) is 5.04. The number of carboxylic acid groups (broad SMARTS) is 1. The number of carbonyl (C=O) groups excluding carboxylic acids is 1. The van der Waals surface area contributed by atoms with Crippen LogP contribution in [-0.2, 0) is 0 Å². The zero-order chi connectivity index (χ0) is 19.1. The molecule has 138 valence electrons. The first-order chi connectivity index (χ1) is 12.9. The molecule has 0 unspecified atom stereocenters. The molecule has 0 amide bonds. The van der Waals surface area contributed by atoms with Gasteiger partial charge in [-0.3, -0.25) is 4.79 Å². The molecule has 0 bridgehead atoms. The number of rotatable bonds is 6. The Labute approximate surface area is 156 Å². The Balaban J connectivity index is 1.71. The molecule has 0 radical (unpaired) electrons. The number of nitrogens with zero attached hydrogens (tertiary/aromatic N) is 3. The van der Waals surface area contributed by atoms with Crippen LogP contribution in [0.25, 0.3) is 5.52 Å². The molecular weight excluding hydrogens is 344 g/mol. The van der Waals surface area contributed by atoms with Crippen molar-refractivity contribution in [2.75, 3.05) is 5.32 Å². The molecular formula is C20H20N4O3. The van der Waals surface area contributed by atoms with E-state index in [9.17, 15) is 14.7 Å². The van der Waals surface area contributed by atoms with Crippen LogP contribution in [0.5, 0.6) is 0 Å². The van der Waals surface area contributed by atoms with Gasteiger partial charge in [0.05, 0.1) is 5.56 Å². The van der Waals surface area contributed by atoms with Crippen LogP contribution in [-0.4, -0.2) is 31.5 Å². The molecule has 2 aromatic heterocycles. The van der Waals surface area contributed by atoms with Crippen molar-refractivity contribution < 1.29 is 14.7 Å². The zero-order valence-corrected chi connectivity index (χ0v) is 15.2. The average Bonchev–Trinajstić information content (AvgIpc) is 3.38. The van der Waals surface area contributed by atoms with Crippen LogP contribution in [0.4, 0.5) is 11.5 Å². The van der Waals surface area contributed by atoms with Gasteiger partial charge in [-0.15, -0.1) is 0 Å². The quantitative estimate of drug-likeness (QED) is 0.646. The first-order valence-corrected chi connectivity index (χ1v) is 8.91. The van der Waals surface area contributed by atoms with Crippen LogP contribution in [0.2, 0.25) is 0 Å². The SMILES string of the molecule is Cc1ccc(C(=O)CC2CC2)cc1Nc1ncnn2cc(C(=O)O)c(C)c12. The first kappa shape index (κ1) is 17.2. The van der Waals surface area contributed by atoms with Gasteiger partial charge in [0.1, 0.15) is 11.8 Å². The minimum absolute atomic E-state index is 0.153. The van der Waals surface area contributed by atoms with Crippen LogP contribution < -0.4 is 5.32 Å². The number of carbonyl (C=O) groups is 2. The Morgan fingerprint density at radius 1 is 1.30 bits per heavy atom. The summed E-state index contributed by atoms with van der Waals surface area (Å²) in [6.45, 7) is 3.68. The standard InChI is InChI=1S/C20H20N4O3/c1-11-3-6-14(17(25)7-13-4-5-13)8-16(11)23-19-18-12(2)15(20(26)27)9-24(18)22-10-21-19/h3,6,8-10,13H,4-5,7H2,1-2H3,(H,26,27)(H,21,22,23). The molecule has 7 nitrogen and oxygen atoms in total. The van der Waals surface area contributed by atoms with E-state index in [4.69, 9.17) is 0 Å². The third-order valence-corrected chi connectivity index (χ3v) is 5.04. The summed E-state index contributed by atoms with van der Waals surface area (Å²) in [6, 6.07) is 5.61. The Morgan fingerprint density at radius 3 is 2.78 bits per heavy atom. The summed E-state index contributed by atoms with van der Waals surface area (Å²) in [4.78, 5) is 28.1. The molecule has 2 N–H and O–H groups in total. The van der Waals surface area contributed by atoms with Crippen molar-refractivity contribution in [2.45, 2.75) is 33.1 Å².